The Morgan fingerprint density at radius 2 is 1.46 bits per heavy atom. The summed E-state index contributed by atoms with van der Waals surface area (Å²) in [5.74, 6) is -1.27. The Morgan fingerprint density at radius 3 is 2.07 bits per heavy atom. The van der Waals surface area contributed by atoms with Gasteiger partial charge in [0.05, 0.1) is 33.6 Å². The first kappa shape index (κ1) is 46.5. The third-order valence-electron chi connectivity index (χ3n) is 10.9. The zero-order valence-electron chi connectivity index (χ0n) is 35.8. The summed E-state index contributed by atoms with van der Waals surface area (Å²) in [5, 5.41) is 22.1. The summed E-state index contributed by atoms with van der Waals surface area (Å²) in [5.41, 5.74) is 12.2. The fourth-order valence-corrected chi connectivity index (χ4v) is 8.19. The number of rotatable bonds is 20. The number of para-hydroxylation sites is 2. The number of benzene rings is 3. The van der Waals surface area contributed by atoms with Gasteiger partial charge in [0.2, 0.25) is 23.6 Å². The average Bonchev–Trinajstić information content (AvgIpc) is 3.85. The van der Waals surface area contributed by atoms with E-state index in [1.807, 2.05) is 57.5 Å². The van der Waals surface area contributed by atoms with Gasteiger partial charge in [-0.25, -0.2) is 4.98 Å². The van der Waals surface area contributed by atoms with E-state index in [1.165, 1.54) is 4.90 Å². The highest BCUT2D eigenvalue weighted by Gasteiger charge is 2.44. The van der Waals surface area contributed by atoms with Gasteiger partial charge in [0.25, 0.3) is 5.91 Å². The van der Waals surface area contributed by atoms with E-state index >= 15 is 0 Å². The van der Waals surface area contributed by atoms with Gasteiger partial charge in [-0.3, -0.25) is 24.0 Å². The van der Waals surface area contributed by atoms with Gasteiger partial charge < -0.3 is 37.0 Å². The molecule has 1 aliphatic heterocycles. The number of likely N-dealkylation sites (tertiary alicyclic amines) is 1. The minimum Gasteiger partial charge on any atom is -0.397 e. The van der Waals surface area contributed by atoms with Crippen molar-refractivity contribution in [1.29, 1.82) is 0 Å². The fraction of sp³-hybridized carbons (Fsp3) is 0.447. The van der Waals surface area contributed by atoms with Crippen LogP contribution < -0.4 is 27.0 Å². The minimum absolute atomic E-state index is 0.0272. The van der Waals surface area contributed by atoms with Crippen LogP contribution in [0.4, 0.5) is 17.1 Å². The van der Waals surface area contributed by atoms with Crippen molar-refractivity contribution in [3.05, 3.63) is 95.1 Å². The Bertz CT molecular complexity index is 2100. The van der Waals surface area contributed by atoms with Crippen LogP contribution in [0, 0.1) is 12.3 Å². The number of amides is 5. The summed E-state index contributed by atoms with van der Waals surface area (Å²) in [6.45, 7) is 7.93. The smallest absolute Gasteiger partial charge is 0.255 e. The van der Waals surface area contributed by atoms with E-state index in [-0.39, 0.29) is 49.0 Å². The zero-order valence-corrected chi connectivity index (χ0v) is 36.6. The molecule has 1 fully saturated rings. The number of β-amino-alcohol motifs (C(OH)–C–C–N with tert-alkyl or cyclic N) is 1. The van der Waals surface area contributed by atoms with Gasteiger partial charge in [-0.15, -0.1) is 11.3 Å². The topological polar surface area (TPSA) is 196 Å². The van der Waals surface area contributed by atoms with Gasteiger partial charge in [-0.05, 0) is 72.7 Å². The van der Waals surface area contributed by atoms with Crippen molar-refractivity contribution in [3.8, 4) is 10.4 Å². The van der Waals surface area contributed by atoms with E-state index in [4.69, 9.17) is 5.73 Å². The first-order chi connectivity index (χ1) is 29.2. The highest BCUT2D eigenvalue weighted by atomic mass is 32.1. The number of nitrogen functional groups attached to an aromatic ring is 1. The molecule has 5 amide bonds. The Hall–Kier alpha value is -5.60. The number of nitrogens with zero attached hydrogens (tertiary/aromatic N) is 2. The highest BCUT2D eigenvalue weighted by Crippen LogP contribution is 2.29. The molecule has 3 aromatic carbocycles. The van der Waals surface area contributed by atoms with Crippen molar-refractivity contribution in [2.45, 2.75) is 123 Å². The number of unbranched alkanes of at least 4 members (excludes halogenated alkanes) is 7. The normalized spacial score (nSPS) is 15.5. The molecule has 0 spiro atoms. The standard InChI is InChI=1S/C47H61N7O6S/c1-31-42(61-30-50-31)33-21-19-32(20-22-33)28-49-45(59)39-27-36(55)29-54(39)46(60)43(47(2,3)4)53-41(57)18-12-10-8-6-5-7-9-11-17-40(56)51-35-25-23-34(24-26-35)44(58)52-38-16-14-13-15-37(38)48/h13-16,19-26,30,36,39,43,55H,5-12,17-18,27-29,48H2,1-4H3,(H,49,59)(H,51,56)(H,52,58)(H,53,57)/t36-,39+,43-/m1/s1. The number of carbonyl (C=O) groups excluding carboxylic acids is 5. The Labute approximate surface area is 363 Å². The van der Waals surface area contributed by atoms with Crippen molar-refractivity contribution in [3.63, 3.8) is 0 Å². The molecule has 61 heavy (non-hydrogen) atoms. The molecule has 13 nitrogen and oxygen atoms in total. The number of aliphatic hydroxyl groups is 1. The SMILES string of the molecule is Cc1ncsc1-c1ccc(CNC(=O)[C@@H]2C[C@@H](O)CN2C(=O)[C@@H](NC(=O)CCCCCCCCCCC(=O)Nc2ccc(C(=O)Nc3ccccc3N)cc2)C(C)(C)C)cc1. The lowest BCUT2D eigenvalue weighted by Gasteiger charge is -2.35. The number of anilines is 3. The van der Waals surface area contributed by atoms with Gasteiger partial charge in [0.15, 0.2) is 0 Å². The van der Waals surface area contributed by atoms with Crippen LogP contribution in [0.1, 0.15) is 113 Å². The maximum Gasteiger partial charge on any atom is 0.255 e. The Balaban J connectivity index is 0.945. The van der Waals surface area contributed by atoms with Crippen LogP contribution in [-0.2, 0) is 25.7 Å². The van der Waals surface area contributed by atoms with Crippen LogP contribution in [0.2, 0.25) is 0 Å². The van der Waals surface area contributed by atoms with Crippen molar-refractivity contribution >= 4 is 57.9 Å². The summed E-state index contributed by atoms with van der Waals surface area (Å²) in [7, 11) is 0. The van der Waals surface area contributed by atoms with E-state index in [9.17, 15) is 29.1 Å². The second-order valence-corrected chi connectivity index (χ2v) is 17.8. The minimum atomic E-state index is -0.856. The van der Waals surface area contributed by atoms with Crippen LogP contribution in [0.5, 0.6) is 0 Å². The molecule has 14 heteroatoms. The number of nitrogens with one attached hydrogen (secondary N) is 4. The molecule has 326 valence electrons. The zero-order chi connectivity index (χ0) is 43.9. The van der Waals surface area contributed by atoms with Gasteiger partial charge in [-0.1, -0.05) is 95.7 Å². The van der Waals surface area contributed by atoms with Gasteiger partial charge in [0.1, 0.15) is 12.1 Å². The summed E-state index contributed by atoms with van der Waals surface area (Å²) in [4.78, 5) is 72.3. The van der Waals surface area contributed by atoms with E-state index in [0.29, 0.717) is 41.9 Å². The van der Waals surface area contributed by atoms with Crippen molar-refractivity contribution in [2.75, 3.05) is 22.9 Å². The molecule has 0 saturated carbocycles. The van der Waals surface area contributed by atoms with E-state index in [1.54, 1.807) is 59.9 Å². The molecule has 0 aliphatic carbocycles. The second-order valence-electron chi connectivity index (χ2n) is 16.9. The Morgan fingerprint density at radius 1 is 0.836 bits per heavy atom. The maximum absolute atomic E-state index is 13.9. The van der Waals surface area contributed by atoms with Crippen molar-refractivity contribution < 1.29 is 29.1 Å². The van der Waals surface area contributed by atoms with Crippen LogP contribution in [0.25, 0.3) is 10.4 Å². The molecule has 0 unspecified atom stereocenters. The summed E-state index contributed by atoms with van der Waals surface area (Å²) < 4.78 is 0. The van der Waals surface area contributed by atoms with Crippen LogP contribution in [0.15, 0.2) is 78.3 Å². The van der Waals surface area contributed by atoms with E-state index in [0.717, 1.165) is 66.6 Å². The van der Waals surface area contributed by atoms with Crippen molar-refractivity contribution in [2.24, 2.45) is 5.41 Å². The van der Waals surface area contributed by atoms with Gasteiger partial charge in [0, 0.05) is 43.6 Å². The first-order valence-electron chi connectivity index (χ1n) is 21.3. The van der Waals surface area contributed by atoms with Crippen LogP contribution in [-0.4, -0.2) is 69.3 Å². The maximum atomic E-state index is 13.9. The number of aliphatic hydroxyl groups excluding tert-OH is 1. The predicted molar refractivity (Wildman–Crippen MR) is 242 cm³/mol. The Kier molecular flexibility index (Phi) is 17.0. The molecular formula is C47H61N7O6S. The van der Waals surface area contributed by atoms with Crippen molar-refractivity contribution in [1.82, 2.24) is 20.5 Å². The molecule has 4 aromatic rings. The lowest BCUT2D eigenvalue weighted by atomic mass is 9.85. The number of nitrogens with two attached hydrogens (primary N) is 1. The number of thiazole rings is 1. The number of aryl methyl sites for hydroxylation is 1. The lowest BCUT2D eigenvalue weighted by Crippen LogP contribution is -2.57. The largest absolute Gasteiger partial charge is 0.397 e. The third kappa shape index (κ3) is 14.0. The van der Waals surface area contributed by atoms with E-state index < -0.39 is 23.6 Å². The highest BCUT2D eigenvalue weighted by molar-refractivity contribution is 7.13. The van der Waals surface area contributed by atoms with E-state index in [2.05, 4.69) is 26.3 Å². The molecule has 2 heterocycles. The molecular weight excluding hydrogens is 791 g/mol. The number of hydrogen-bond donors (Lipinski definition) is 6. The quantitative estimate of drug-likeness (QED) is 0.0386. The fourth-order valence-electron chi connectivity index (χ4n) is 7.38. The number of aromatic nitrogens is 1. The molecule has 3 atom stereocenters. The monoisotopic (exact) mass is 851 g/mol. The number of carbonyl (C=O) groups is 5. The van der Waals surface area contributed by atoms with Gasteiger partial charge in [-0.2, -0.15) is 0 Å². The summed E-state index contributed by atoms with van der Waals surface area (Å²) >= 11 is 1.58. The predicted octanol–water partition coefficient (Wildman–Crippen LogP) is 7.60. The molecule has 7 N–H and O–H groups in total. The molecule has 5 rings (SSSR count). The molecule has 0 bridgehead atoms. The second kappa shape index (κ2) is 22.3. The summed E-state index contributed by atoms with van der Waals surface area (Å²) in [6.07, 6.45) is 7.40. The molecule has 1 aliphatic rings. The number of hydrogen-bond acceptors (Lipinski definition) is 9. The molecule has 1 aromatic heterocycles. The lowest BCUT2D eigenvalue weighted by molar-refractivity contribution is -0.144. The van der Waals surface area contributed by atoms with Crippen LogP contribution >= 0.6 is 11.3 Å². The van der Waals surface area contributed by atoms with Crippen LogP contribution in [0.3, 0.4) is 0 Å². The summed E-state index contributed by atoms with van der Waals surface area (Å²) in [6, 6.07) is 20.0. The van der Waals surface area contributed by atoms with Gasteiger partial charge >= 0.3 is 0 Å². The molecule has 0 radical (unpaired) electrons. The average molecular weight is 852 g/mol. The third-order valence-corrected chi connectivity index (χ3v) is 11.9. The molecule has 1 saturated heterocycles. The first-order valence-corrected chi connectivity index (χ1v) is 22.2.